The Balaban J connectivity index is 2.18. The number of carbonyl (C=O) groups is 2. The minimum Gasteiger partial charge on any atom is -0.327 e. The van der Waals surface area contributed by atoms with E-state index in [1.54, 1.807) is 11.8 Å². The number of nitrogens with two attached hydrogens (primary N) is 1. The van der Waals surface area contributed by atoms with Gasteiger partial charge in [0.1, 0.15) is 0 Å². The van der Waals surface area contributed by atoms with Gasteiger partial charge >= 0.3 is 0 Å². The van der Waals surface area contributed by atoms with Gasteiger partial charge in [-0.25, -0.2) is 5.84 Å². The Kier molecular flexibility index (Phi) is 4.93. The van der Waals surface area contributed by atoms with E-state index in [4.69, 9.17) is 5.84 Å². The zero-order valence-corrected chi connectivity index (χ0v) is 13.0. The molecule has 0 aromatic carbocycles. The van der Waals surface area contributed by atoms with E-state index in [9.17, 15) is 9.59 Å². The quantitative estimate of drug-likeness (QED) is 0.429. The summed E-state index contributed by atoms with van der Waals surface area (Å²) in [5.41, 5.74) is 2.05. The fourth-order valence-corrected chi connectivity index (χ4v) is 4.64. The molecule has 6 nitrogen and oxygen atoms in total. The van der Waals surface area contributed by atoms with Crippen molar-refractivity contribution >= 4 is 23.6 Å². The molecule has 114 valence electrons. The van der Waals surface area contributed by atoms with Crippen LogP contribution in [-0.4, -0.2) is 57.9 Å². The minimum atomic E-state index is -0.171. The first-order valence-electron chi connectivity index (χ1n) is 7.18. The van der Waals surface area contributed by atoms with Crippen LogP contribution in [-0.2, 0) is 9.59 Å². The number of carbonyl (C=O) groups excluding carboxylic acids is 2. The maximum Gasteiger partial charge on any atom is 0.248 e. The summed E-state index contributed by atoms with van der Waals surface area (Å²) < 4.78 is 0. The lowest BCUT2D eigenvalue weighted by Gasteiger charge is -2.51. The lowest BCUT2D eigenvalue weighted by molar-refractivity contribution is -0.135. The van der Waals surface area contributed by atoms with E-state index >= 15 is 0 Å². The van der Waals surface area contributed by atoms with E-state index in [2.05, 4.69) is 24.2 Å². The maximum absolute atomic E-state index is 11.9. The van der Waals surface area contributed by atoms with Gasteiger partial charge in [0.05, 0.1) is 17.7 Å². The second-order valence-electron chi connectivity index (χ2n) is 5.70. The molecule has 2 saturated heterocycles. The Morgan fingerprint density at radius 1 is 1.55 bits per heavy atom. The second-order valence-corrected chi connectivity index (χ2v) is 6.77. The molecule has 0 bridgehead atoms. The van der Waals surface area contributed by atoms with E-state index in [1.807, 2.05) is 4.90 Å². The summed E-state index contributed by atoms with van der Waals surface area (Å²) in [5, 5.41) is 0.154. The van der Waals surface area contributed by atoms with Crippen molar-refractivity contribution in [2.75, 3.05) is 25.4 Å². The zero-order chi connectivity index (χ0) is 14.8. The summed E-state index contributed by atoms with van der Waals surface area (Å²) in [5.74, 6) is 5.83. The van der Waals surface area contributed by atoms with Crippen LogP contribution in [0.25, 0.3) is 0 Å². The Morgan fingerprint density at radius 3 is 2.95 bits per heavy atom. The van der Waals surface area contributed by atoms with Crippen LogP contribution >= 0.6 is 11.8 Å². The molecule has 2 amide bonds. The molecule has 20 heavy (non-hydrogen) atoms. The van der Waals surface area contributed by atoms with Gasteiger partial charge in [-0.05, 0) is 13.3 Å². The summed E-state index contributed by atoms with van der Waals surface area (Å²) in [6.45, 7) is 6.07. The summed E-state index contributed by atoms with van der Waals surface area (Å²) in [6.07, 6.45) is 3.19. The molecule has 0 aromatic rings. The molecule has 7 heteroatoms. The van der Waals surface area contributed by atoms with Crippen molar-refractivity contribution in [2.24, 2.45) is 5.84 Å². The molecule has 2 atom stereocenters. The topological polar surface area (TPSA) is 78.7 Å². The van der Waals surface area contributed by atoms with E-state index in [0.717, 1.165) is 25.8 Å². The summed E-state index contributed by atoms with van der Waals surface area (Å²) in [4.78, 5) is 27.8. The average Bonchev–Trinajstić information content (AvgIpc) is 2.82. The number of hydrazine groups is 1. The monoisotopic (exact) mass is 300 g/mol. The first-order chi connectivity index (χ1) is 9.52. The van der Waals surface area contributed by atoms with Gasteiger partial charge in [0.25, 0.3) is 0 Å². The zero-order valence-electron chi connectivity index (χ0n) is 12.2. The van der Waals surface area contributed by atoms with Crippen LogP contribution in [0.15, 0.2) is 0 Å². The van der Waals surface area contributed by atoms with Gasteiger partial charge in [-0.3, -0.25) is 19.9 Å². The Bertz CT molecular complexity index is 393. The molecule has 2 heterocycles. The van der Waals surface area contributed by atoms with Crippen LogP contribution in [0.1, 0.15) is 33.1 Å². The predicted molar refractivity (Wildman–Crippen MR) is 79.8 cm³/mol. The number of fused-ring (bicyclic) bond motifs is 1. The molecule has 0 aliphatic carbocycles. The molecule has 2 rings (SSSR count). The van der Waals surface area contributed by atoms with Gasteiger partial charge in [-0.15, -0.1) is 11.8 Å². The van der Waals surface area contributed by atoms with Crippen molar-refractivity contribution in [1.82, 2.24) is 15.2 Å². The van der Waals surface area contributed by atoms with Gasteiger partial charge in [0.2, 0.25) is 11.8 Å². The Labute approximate surface area is 124 Å². The molecule has 2 aliphatic rings. The molecule has 0 aromatic heterocycles. The van der Waals surface area contributed by atoms with Crippen LogP contribution in [0.4, 0.5) is 0 Å². The number of thioether (sulfide) groups is 1. The van der Waals surface area contributed by atoms with Gasteiger partial charge in [-0.1, -0.05) is 19.8 Å². The van der Waals surface area contributed by atoms with Crippen LogP contribution in [0.3, 0.4) is 0 Å². The Morgan fingerprint density at radius 2 is 2.30 bits per heavy atom. The molecule has 2 aliphatic heterocycles. The molecule has 0 saturated carbocycles. The third-order valence-electron chi connectivity index (χ3n) is 4.37. The van der Waals surface area contributed by atoms with Crippen molar-refractivity contribution in [1.29, 1.82) is 0 Å². The predicted octanol–water partition coefficient (Wildman–Crippen LogP) is 0.142. The number of rotatable bonds is 5. The standard InChI is InChI=1S/C13H24N4O2S/c1-3-4-5-13(2)12-17(11(19)9-20-12)7-6-16(13)8-10(18)15-14/h12H,3-9,14H2,1-2H3,(H,15,18)/t12-,13+/m1/s1. The van der Waals surface area contributed by atoms with Crippen molar-refractivity contribution in [2.45, 2.75) is 44.0 Å². The molecular formula is C13H24N4O2S. The van der Waals surface area contributed by atoms with Crippen molar-refractivity contribution < 1.29 is 9.59 Å². The number of piperazine rings is 1. The molecule has 2 fully saturated rings. The normalized spacial score (nSPS) is 30.4. The largest absolute Gasteiger partial charge is 0.327 e. The number of hydrogen-bond acceptors (Lipinski definition) is 5. The minimum absolute atomic E-state index is 0.154. The highest BCUT2D eigenvalue weighted by Crippen LogP contribution is 2.42. The SMILES string of the molecule is CCCC[C@@]1(C)[C@H]2SCC(=O)N2CCN1CC(=O)NN. The molecule has 0 unspecified atom stereocenters. The van der Waals surface area contributed by atoms with E-state index in [1.165, 1.54) is 0 Å². The molecule has 0 radical (unpaired) electrons. The van der Waals surface area contributed by atoms with Gasteiger partial charge in [-0.2, -0.15) is 0 Å². The maximum atomic E-state index is 11.9. The third kappa shape index (κ3) is 2.80. The second kappa shape index (κ2) is 6.32. The third-order valence-corrected chi connectivity index (χ3v) is 5.86. The number of unbranched alkanes of at least 4 members (excludes halogenated alkanes) is 1. The Hall–Kier alpha value is -0.790. The van der Waals surface area contributed by atoms with Crippen LogP contribution in [0, 0.1) is 0 Å². The summed E-state index contributed by atoms with van der Waals surface area (Å²) >= 11 is 1.70. The molecular weight excluding hydrogens is 276 g/mol. The van der Waals surface area contributed by atoms with Crippen LogP contribution < -0.4 is 11.3 Å². The van der Waals surface area contributed by atoms with Gasteiger partial charge in [0, 0.05) is 18.6 Å². The molecule has 3 N–H and O–H groups in total. The van der Waals surface area contributed by atoms with E-state index in [-0.39, 0.29) is 22.7 Å². The number of nitrogens with zero attached hydrogens (tertiary/aromatic N) is 2. The van der Waals surface area contributed by atoms with E-state index < -0.39 is 0 Å². The summed E-state index contributed by atoms with van der Waals surface area (Å²) in [7, 11) is 0. The van der Waals surface area contributed by atoms with Gasteiger partial charge < -0.3 is 4.90 Å². The molecule has 0 spiro atoms. The first-order valence-corrected chi connectivity index (χ1v) is 8.23. The summed E-state index contributed by atoms with van der Waals surface area (Å²) in [6, 6.07) is 0. The number of hydrogen-bond donors (Lipinski definition) is 2. The highest BCUT2D eigenvalue weighted by Gasteiger charge is 2.50. The highest BCUT2D eigenvalue weighted by atomic mass is 32.2. The van der Waals surface area contributed by atoms with Gasteiger partial charge in [0.15, 0.2) is 0 Å². The fraction of sp³-hybridized carbons (Fsp3) is 0.846. The highest BCUT2D eigenvalue weighted by molar-refractivity contribution is 8.01. The number of nitrogens with one attached hydrogen (secondary N) is 1. The lowest BCUT2D eigenvalue weighted by atomic mass is 9.89. The van der Waals surface area contributed by atoms with E-state index in [0.29, 0.717) is 18.8 Å². The van der Waals surface area contributed by atoms with Crippen LogP contribution in [0.5, 0.6) is 0 Å². The van der Waals surface area contributed by atoms with Crippen molar-refractivity contribution in [3.8, 4) is 0 Å². The fourth-order valence-electron chi connectivity index (χ4n) is 3.15. The first kappa shape index (κ1) is 15.6. The van der Waals surface area contributed by atoms with Crippen LogP contribution in [0.2, 0.25) is 0 Å². The lowest BCUT2D eigenvalue weighted by Crippen LogP contribution is -2.66. The average molecular weight is 300 g/mol. The smallest absolute Gasteiger partial charge is 0.248 e. The van der Waals surface area contributed by atoms with Crippen molar-refractivity contribution in [3.05, 3.63) is 0 Å². The number of amides is 2. The van der Waals surface area contributed by atoms with Crippen molar-refractivity contribution in [3.63, 3.8) is 0 Å².